The van der Waals surface area contributed by atoms with Crippen molar-refractivity contribution in [3.05, 3.63) is 38.7 Å². The molecule has 2 heterocycles. The van der Waals surface area contributed by atoms with Crippen LogP contribution in [0.2, 0.25) is 0 Å². The quantitative estimate of drug-likeness (QED) is 0.641. The summed E-state index contributed by atoms with van der Waals surface area (Å²) in [5.41, 5.74) is 0.923. The molecule has 0 saturated carbocycles. The fourth-order valence-corrected chi connectivity index (χ4v) is 2.55. The summed E-state index contributed by atoms with van der Waals surface area (Å²) in [6, 6.07) is 4.59. The van der Waals surface area contributed by atoms with E-state index in [1.807, 2.05) is 6.92 Å². The fraction of sp³-hybridized carbons (Fsp3) is 0.357. The van der Waals surface area contributed by atoms with E-state index in [0.717, 1.165) is 6.42 Å². The van der Waals surface area contributed by atoms with Crippen LogP contribution in [0, 0.1) is 10.1 Å². The first-order chi connectivity index (χ1) is 9.99. The molecule has 3 rings (SSSR count). The monoisotopic (exact) mass is 289 g/mol. The lowest BCUT2D eigenvalue weighted by atomic mass is 10.1. The van der Waals surface area contributed by atoms with Crippen LogP contribution >= 0.6 is 0 Å². The normalized spacial score (nSPS) is 17.5. The lowest BCUT2D eigenvalue weighted by Gasteiger charge is -2.15. The largest absolute Gasteiger partial charge is 0.486 e. The van der Waals surface area contributed by atoms with Gasteiger partial charge in [0.25, 0.3) is 11.2 Å². The Balaban J connectivity index is 2.39. The number of hydrogen-bond donors (Lipinski definition) is 1. The van der Waals surface area contributed by atoms with Crippen LogP contribution < -0.4 is 15.6 Å². The Labute approximate surface area is 120 Å². The van der Waals surface area contributed by atoms with E-state index < -0.39 is 4.92 Å². The number of rotatable bonds is 1. The highest BCUT2D eigenvalue weighted by Crippen LogP contribution is 2.34. The summed E-state index contributed by atoms with van der Waals surface area (Å²) < 4.78 is 7.03. The van der Waals surface area contributed by atoms with Gasteiger partial charge in [-0.25, -0.2) is 0 Å². The number of nitro groups is 1. The molecule has 0 radical (unpaired) electrons. The Hall–Kier alpha value is -2.57. The van der Waals surface area contributed by atoms with Gasteiger partial charge in [-0.3, -0.25) is 14.9 Å². The van der Waals surface area contributed by atoms with E-state index in [2.05, 4.69) is 5.32 Å². The number of non-ortho nitro benzene ring substituents is 1. The van der Waals surface area contributed by atoms with Crippen molar-refractivity contribution in [3.63, 3.8) is 0 Å². The van der Waals surface area contributed by atoms with Gasteiger partial charge in [-0.2, -0.15) is 0 Å². The van der Waals surface area contributed by atoms with E-state index in [9.17, 15) is 14.9 Å². The van der Waals surface area contributed by atoms with Gasteiger partial charge in [-0.05, 0) is 13.0 Å². The highest BCUT2D eigenvalue weighted by Gasteiger charge is 2.22. The number of nitro benzene ring substituents is 1. The molecule has 1 aromatic heterocycles. The van der Waals surface area contributed by atoms with Crippen molar-refractivity contribution in [1.29, 1.82) is 0 Å². The minimum atomic E-state index is -0.447. The Bertz CT molecular complexity index is 797. The van der Waals surface area contributed by atoms with Crippen LogP contribution in [0.4, 0.5) is 11.4 Å². The second-order valence-corrected chi connectivity index (χ2v) is 5.21. The zero-order chi connectivity index (χ0) is 15.1. The first-order valence-electron chi connectivity index (χ1n) is 6.69. The first kappa shape index (κ1) is 13.4. The Morgan fingerprint density at radius 3 is 2.95 bits per heavy atom. The molecule has 7 heteroatoms. The molecule has 0 spiro atoms. The number of fused-ring (bicyclic) bond motifs is 3. The van der Waals surface area contributed by atoms with Crippen molar-refractivity contribution in [1.82, 2.24) is 4.57 Å². The van der Waals surface area contributed by atoms with E-state index in [0.29, 0.717) is 23.2 Å². The van der Waals surface area contributed by atoms with Crippen molar-refractivity contribution in [3.8, 4) is 5.75 Å². The van der Waals surface area contributed by atoms with Gasteiger partial charge in [0.2, 0.25) is 5.75 Å². The van der Waals surface area contributed by atoms with Gasteiger partial charge in [0.1, 0.15) is 0 Å². The molecule has 1 atom stereocenters. The summed E-state index contributed by atoms with van der Waals surface area (Å²) in [6.07, 6.45) is 0.758. The molecule has 0 amide bonds. The number of pyridine rings is 1. The Kier molecular flexibility index (Phi) is 3.04. The lowest BCUT2D eigenvalue weighted by Crippen LogP contribution is -2.21. The smallest absolute Gasteiger partial charge is 0.295 e. The molecular weight excluding hydrogens is 274 g/mol. The number of anilines is 1. The first-order valence-corrected chi connectivity index (χ1v) is 6.69. The number of aryl methyl sites for hydroxylation is 1. The lowest BCUT2D eigenvalue weighted by molar-refractivity contribution is -0.384. The summed E-state index contributed by atoms with van der Waals surface area (Å²) in [5.74, 6) is 0.231. The van der Waals surface area contributed by atoms with Gasteiger partial charge in [0.15, 0.2) is 0 Å². The number of hydrogen-bond acceptors (Lipinski definition) is 5. The molecule has 1 N–H and O–H groups in total. The molecule has 1 aromatic carbocycles. The summed E-state index contributed by atoms with van der Waals surface area (Å²) in [7, 11) is 1.63. The number of aromatic nitrogens is 1. The highest BCUT2D eigenvalue weighted by atomic mass is 16.6. The molecule has 0 aliphatic carbocycles. The van der Waals surface area contributed by atoms with Crippen molar-refractivity contribution in [2.75, 3.05) is 11.9 Å². The standard InChI is InChI=1S/C14H15N3O4/c1-8-5-6-21-13-12(15-8)10-7-9(17(19)20)3-4-11(10)16(2)14(13)18/h3-4,7-8,15H,5-6H2,1-2H3/t8-/m0/s1. The van der Waals surface area contributed by atoms with Crippen molar-refractivity contribution >= 4 is 22.3 Å². The van der Waals surface area contributed by atoms with Crippen LogP contribution in [-0.4, -0.2) is 22.1 Å². The van der Waals surface area contributed by atoms with E-state index >= 15 is 0 Å². The molecular formula is C14H15N3O4. The van der Waals surface area contributed by atoms with Crippen LogP contribution in [0.1, 0.15) is 13.3 Å². The van der Waals surface area contributed by atoms with Crippen molar-refractivity contribution < 1.29 is 9.66 Å². The van der Waals surface area contributed by atoms with Gasteiger partial charge in [0.05, 0.1) is 22.7 Å². The molecule has 1 aliphatic rings. The van der Waals surface area contributed by atoms with Crippen LogP contribution in [0.3, 0.4) is 0 Å². The Morgan fingerprint density at radius 1 is 1.48 bits per heavy atom. The molecule has 21 heavy (non-hydrogen) atoms. The maximum atomic E-state index is 12.4. The van der Waals surface area contributed by atoms with Crippen molar-refractivity contribution in [2.24, 2.45) is 7.05 Å². The number of nitrogens with zero attached hydrogens (tertiary/aromatic N) is 2. The highest BCUT2D eigenvalue weighted by molar-refractivity contribution is 5.96. The average Bonchev–Trinajstić information content (AvgIpc) is 2.66. The number of nitrogens with one attached hydrogen (secondary N) is 1. The summed E-state index contributed by atoms with van der Waals surface area (Å²) in [6.45, 7) is 2.43. The number of ether oxygens (including phenoxy) is 1. The second kappa shape index (κ2) is 4.76. The summed E-state index contributed by atoms with van der Waals surface area (Å²) >= 11 is 0. The fourth-order valence-electron chi connectivity index (χ4n) is 2.55. The molecule has 7 nitrogen and oxygen atoms in total. The average molecular weight is 289 g/mol. The molecule has 2 aromatic rings. The molecule has 0 unspecified atom stereocenters. The zero-order valence-electron chi connectivity index (χ0n) is 11.8. The topological polar surface area (TPSA) is 86.4 Å². The summed E-state index contributed by atoms with van der Waals surface area (Å²) in [4.78, 5) is 22.9. The van der Waals surface area contributed by atoms with Crippen LogP contribution in [0.25, 0.3) is 10.9 Å². The zero-order valence-corrected chi connectivity index (χ0v) is 11.8. The van der Waals surface area contributed by atoms with Crippen LogP contribution in [-0.2, 0) is 7.05 Å². The van der Waals surface area contributed by atoms with Gasteiger partial charge >= 0.3 is 0 Å². The third-order valence-electron chi connectivity index (χ3n) is 3.74. The number of benzene rings is 1. The van der Waals surface area contributed by atoms with Gasteiger partial charge < -0.3 is 14.6 Å². The SMILES string of the molecule is C[C@H]1CCOc2c(c3cc([N+](=O)[O-])ccc3n(C)c2=O)N1. The predicted octanol–water partition coefficient (Wildman–Crippen LogP) is 2.03. The third-order valence-corrected chi connectivity index (χ3v) is 3.74. The third kappa shape index (κ3) is 2.10. The second-order valence-electron chi connectivity index (χ2n) is 5.21. The summed E-state index contributed by atoms with van der Waals surface area (Å²) in [5, 5.41) is 14.8. The van der Waals surface area contributed by atoms with Crippen LogP contribution in [0.15, 0.2) is 23.0 Å². The van der Waals surface area contributed by atoms with E-state index in [4.69, 9.17) is 4.74 Å². The Morgan fingerprint density at radius 2 is 2.24 bits per heavy atom. The van der Waals surface area contributed by atoms with Crippen molar-refractivity contribution in [2.45, 2.75) is 19.4 Å². The predicted molar refractivity (Wildman–Crippen MR) is 79.0 cm³/mol. The molecule has 1 aliphatic heterocycles. The van der Waals surface area contributed by atoms with Crippen LogP contribution in [0.5, 0.6) is 5.75 Å². The molecule has 0 bridgehead atoms. The molecule has 0 saturated heterocycles. The maximum Gasteiger partial charge on any atom is 0.295 e. The minimum absolute atomic E-state index is 0.0120. The van der Waals surface area contributed by atoms with E-state index in [1.165, 1.54) is 16.7 Å². The van der Waals surface area contributed by atoms with E-state index in [1.54, 1.807) is 13.1 Å². The minimum Gasteiger partial charge on any atom is -0.486 e. The molecule has 110 valence electrons. The maximum absolute atomic E-state index is 12.4. The van der Waals surface area contributed by atoms with E-state index in [-0.39, 0.29) is 23.0 Å². The van der Waals surface area contributed by atoms with Gasteiger partial charge in [-0.15, -0.1) is 0 Å². The molecule has 0 fully saturated rings. The van der Waals surface area contributed by atoms with Gasteiger partial charge in [-0.1, -0.05) is 0 Å². The van der Waals surface area contributed by atoms with Gasteiger partial charge in [0, 0.05) is 37.0 Å².